The van der Waals surface area contributed by atoms with E-state index in [2.05, 4.69) is 11.5 Å². The van der Waals surface area contributed by atoms with Crippen molar-refractivity contribution in [2.75, 3.05) is 0 Å². The number of aromatic nitrogens is 1. The molecule has 2 nitrogen and oxygen atoms in total. The molecule has 15 heavy (non-hydrogen) atoms. The topological polar surface area (TPSA) is 22.0 Å². The minimum atomic E-state index is 0.473. The SMILES string of the molecule is CC(C1CCCCC1)n1cccc1C=O. The summed E-state index contributed by atoms with van der Waals surface area (Å²) in [4.78, 5) is 10.9. The number of nitrogens with zero attached hydrogens (tertiary/aromatic N) is 1. The number of hydrogen-bond donors (Lipinski definition) is 0. The third-order valence-corrected chi connectivity index (χ3v) is 3.70. The van der Waals surface area contributed by atoms with Crippen LogP contribution >= 0.6 is 0 Å². The van der Waals surface area contributed by atoms with Crippen LogP contribution in [0, 0.1) is 5.92 Å². The second-order valence-electron chi connectivity index (χ2n) is 4.60. The molecule has 2 heteroatoms. The first-order valence-corrected chi connectivity index (χ1v) is 5.95. The van der Waals surface area contributed by atoms with Crippen molar-refractivity contribution >= 4 is 6.29 Å². The maximum Gasteiger partial charge on any atom is 0.166 e. The molecule has 1 aliphatic carbocycles. The van der Waals surface area contributed by atoms with Gasteiger partial charge < -0.3 is 4.57 Å². The molecule has 0 amide bonds. The van der Waals surface area contributed by atoms with E-state index in [9.17, 15) is 4.79 Å². The van der Waals surface area contributed by atoms with Gasteiger partial charge >= 0.3 is 0 Å². The van der Waals surface area contributed by atoms with Crippen LogP contribution in [-0.2, 0) is 0 Å². The van der Waals surface area contributed by atoms with Crippen LogP contribution in [-0.4, -0.2) is 10.9 Å². The molecule has 2 rings (SSSR count). The Labute approximate surface area is 91.3 Å². The van der Waals surface area contributed by atoms with Gasteiger partial charge in [0.1, 0.15) is 0 Å². The summed E-state index contributed by atoms with van der Waals surface area (Å²) in [6.45, 7) is 2.24. The van der Waals surface area contributed by atoms with Gasteiger partial charge in [-0.2, -0.15) is 0 Å². The Hall–Kier alpha value is -1.05. The van der Waals surface area contributed by atoms with Crippen LogP contribution in [0.1, 0.15) is 55.6 Å². The minimum Gasteiger partial charge on any atom is -0.342 e. The highest BCUT2D eigenvalue weighted by molar-refractivity contribution is 5.72. The predicted octanol–water partition coefficient (Wildman–Crippen LogP) is 3.44. The molecular weight excluding hydrogens is 186 g/mol. The van der Waals surface area contributed by atoms with E-state index in [-0.39, 0.29) is 0 Å². The van der Waals surface area contributed by atoms with Crippen LogP contribution in [0.3, 0.4) is 0 Å². The molecule has 0 aromatic carbocycles. The van der Waals surface area contributed by atoms with Crippen LogP contribution in [0.4, 0.5) is 0 Å². The van der Waals surface area contributed by atoms with Gasteiger partial charge in [-0.25, -0.2) is 0 Å². The average Bonchev–Trinajstić information content (AvgIpc) is 2.77. The van der Waals surface area contributed by atoms with Crippen molar-refractivity contribution in [1.82, 2.24) is 4.57 Å². The third kappa shape index (κ3) is 2.14. The summed E-state index contributed by atoms with van der Waals surface area (Å²) in [5.41, 5.74) is 0.813. The highest BCUT2D eigenvalue weighted by Crippen LogP contribution is 2.33. The highest BCUT2D eigenvalue weighted by Gasteiger charge is 2.21. The summed E-state index contributed by atoms with van der Waals surface area (Å²) in [7, 11) is 0. The largest absolute Gasteiger partial charge is 0.342 e. The molecule has 0 N–H and O–H groups in total. The van der Waals surface area contributed by atoms with Gasteiger partial charge in [0.05, 0.1) is 5.69 Å². The van der Waals surface area contributed by atoms with E-state index in [0.717, 1.165) is 17.9 Å². The van der Waals surface area contributed by atoms with Gasteiger partial charge in [-0.1, -0.05) is 19.3 Å². The zero-order chi connectivity index (χ0) is 10.7. The van der Waals surface area contributed by atoms with E-state index in [1.807, 2.05) is 18.3 Å². The Bertz CT molecular complexity index is 323. The van der Waals surface area contributed by atoms with Gasteiger partial charge in [0.25, 0.3) is 0 Å². The van der Waals surface area contributed by atoms with E-state index in [0.29, 0.717) is 6.04 Å². The van der Waals surface area contributed by atoms with E-state index >= 15 is 0 Å². The fourth-order valence-corrected chi connectivity index (χ4v) is 2.72. The number of carbonyl (C=O) groups excluding carboxylic acids is 1. The van der Waals surface area contributed by atoms with Crippen molar-refractivity contribution in [3.8, 4) is 0 Å². The molecular formula is C13H19NO. The maximum absolute atomic E-state index is 10.9. The van der Waals surface area contributed by atoms with Gasteiger partial charge in [0, 0.05) is 12.2 Å². The molecule has 1 saturated carbocycles. The van der Waals surface area contributed by atoms with Crippen LogP contribution in [0.2, 0.25) is 0 Å². The van der Waals surface area contributed by atoms with Gasteiger partial charge in [-0.05, 0) is 37.8 Å². The summed E-state index contributed by atoms with van der Waals surface area (Å²) >= 11 is 0. The van der Waals surface area contributed by atoms with Crippen molar-refractivity contribution in [2.24, 2.45) is 5.92 Å². The van der Waals surface area contributed by atoms with Crippen LogP contribution < -0.4 is 0 Å². The smallest absolute Gasteiger partial charge is 0.166 e. The molecule has 0 radical (unpaired) electrons. The lowest BCUT2D eigenvalue weighted by atomic mass is 9.84. The molecule has 0 aliphatic heterocycles. The fraction of sp³-hybridized carbons (Fsp3) is 0.615. The Morgan fingerprint density at radius 2 is 2.13 bits per heavy atom. The molecule has 1 unspecified atom stereocenters. The van der Waals surface area contributed by atoms with Crippen molar-refractivity contribution in [3.63, 3.8) is 0 Å². The van der Waals surface area contributed by atoms with Gasteiger partial charge in [0.2, 0.25) is 0 Å². The normalized spacial score (nSPS) is 20.1. The number of aldehydes is 1. The molecule has 1 aromatic rings. The Morgan fingerprint density at radius 3 is 2.80 bits per heavy atom. The lowest BCUT2D eigenvalue weighted by Gasteiger charge is -2.29. The van der Waals surface area contributed by atoms with Gasteiger partial charge in [0.15, 0.2) is 6.29 Å². The molecule has 1 atom stereocenters. The lowest BCUT2D eigenvalue weighted by Crippen LogP contribution is -2.20. The van der Waals surface area contributed by atoms with E-state index in [1.165, 1.54) is 32.1 Å². The molecule has 1 fully saturated rings. The Kier molecular flexibility index (Phi) is 3.24. The Morgan fingerprint density at radius 1 is 1.40 bits per heavy atom. The molecule has 82 valence electrons. The van der Waals surface area contributed by atoms with E-state index in [1.54, 1.807) is 0 Å². The quantitative estimate of drug-likeness (QED) is 0.693. The van der Waals surface area contributed by atoms with Crippen molar-refractivity contribution in [3.05, 3.63) is 24.0 Å². The average molecular weight is 205 g/mol. The van der Waals surface area contributed by atoms with Crippen molar-refractivity contribution in [2.45, 2.75) is 45.1 Å². The summed E-state index contributed by atoms with van der Waals surface area (Å²) in [5.74, 6) is 0.754. The number of hydrogen-bond acceptors (Lipinski definition) is 1. The van der Waals surface area contributed by atoms with E-state index in [4.69, 9.17) is 0 Å². The molecule has 0 saturated heterocycles. The minimum absolute atomic E-state index is 0.473. The third-order valence-electron chi connectivity index (χ3n) is 3.70. The number of carbonyl (C=O) groups is 1. The Balaban J connectivity index is 2.11. The predicted molar refractivity (Wildman–Crippen MR) is 61.1 cm³/mol. The summed E-state index contributed by atoms with van der Waals surface area (Å²) in [5, 5.41) is 0. The molecule has 1 aliphatic rings. The maximum atomic E-state index is 10.9. The molecule has 1 aromatic heterocycles. The molecule has 0 bridgehead atoms. The second-order valence-corrected chi connectivity index (χ2v) is 4.60. The van der Waals surface area contributed by atoms with Gasteiger partial charge in [-0.3, -0.25) is 4.79 Å². The van der Waals surface area contributed by atoms with Crippen molar-refractivity contribution in [1.29, 1.82) is 0 Å². The van der Waals surface area contributed by atoms with Crippen molar-refractivity contribution < 1.29 is 4.79 Å². The molecule has 0 spiro atoms. The first-order valence-electron chi connectivity index (χ1n) is 5.95. The summed E-state index contributed by atoms with van der Waals surface area (Å²) in [6, 6.07) is 4.33. The summed E-state index contributed by atoms with van der Waals surface area (Å²) < 4.78 is 2.13. The highest BCUT2D eigenvalue weighted by atomic mass is 16.1. The van der Waals surface area contributed by atoms with Crippen LogP contribution in [0.15, 0.2) is 18.3 Å². The van der Waals surface area contributed by atoms with Gasteiger partial charge in [-0.15, -0.1) is 0 Å². The lowest BCUT2D eigenvalue weighted by molar-refractivity contribution is 0.111. The molecule has 1 heterocycles. The first-order chi connectivity index (χ1) is 7.33. The summed E-state index contributed by atoms with van der Waals surface area (Å²) in [6.07, 6.45) is 9.71. The first kappa shape index (κ1) is 10.5. The standard InChI is InChI=1S/C13H19NO/c1-11(12-6-3-2-4-7-12)14-9-5-8-13(14)10-15/h5,8-12H,2-4,6-7H2,1H3. The number of rotatable bonds is 3. The fourth-order valence-electron chi connectivity index (χ4n) is 2.72. The monoisotopic (exact) mass is 205 g/mol. The zero-order valence-electron chi connectivity index (χ0n) is 9.36. The van der Waals surface area contributed by atoms with Crippen LogP contribution in [0.25, 0.3) is 0 Å². The second kappa shape index (κ2) is 4.65. The van der Waals surface area contributed by atoms with Crippen LogP contribution in [0.5, 0.6) is 0 Å². The van der Waals surface area contributed by atoms with E-state index < -0.39 is 0 Å². The zero-order valence-corrected chi connectivity index (χ0v) is 9.36.